The molecule has 0 aromatic heterocycles. The SMILES string of the molecule is CC(C)CCC(=O)O[C@@H](C)[C@H](C)OC(=O)[C@@H](N)Cc1ccc(OC(=O)OCC(C)(C)C)c(OC(=O)OCC(C)(C)C)c1. The highest BCUT2D eigenvalue weighted by molar-refractivity contribution is 5.76. The van der Waals surface area contributed by atoms with Gasteiger partial charge in [-0.15, -0.1) is 0 Å². The van der Waals surface area contributed by atoms with E-state index in [2.05, 4.69) is 0 Å². The van der Waals surface area contributed by atoms with E-state index in [1.807, 2.05) is 55.4 Å². The monoisotopic (exact) mass is 595 g/mol. The van der Waals surface area contributed by atoms with Crippen LogP contribution in [0.25, 0.3) is 0 Å². The fraction of sp³-hybridized carbons (Fsp3) is 0.677. The standard InChI is InChI=1S/C31H49NO10/c1-19(2)11-14-26(33)39-20(3)21(4)40-27(34)23(32)15-22-12-13-24(41-28(35)37-17-30(5,6)7)25(16-22)42-29(36)38-18-31(8,9)10/h12-13,16,19-21,23H,11,14-15,17-18,32H2,1-10H3/t20-,21-,23-/m0/s1. The van der Waals surface area contributed by atoms with Crippen molar-refractivity contribution in [2.45, 2.75) is 107 Å². The average molecular weight is 596 g/mol. The lowest BCUT2D eigenvalue weighted by molar-refractivity contribution is -0.166. The Balaban J connectivity index is 2.94. The molecule has 0 fully saturated rings. The molecule has 1 rings (SSSR count). The molecular weight excluding hydrogens is 546 g/mol. The molecule has 42 heavy (non-hydrogen) atoms. The number of hydrogen-bond acceptors (Lipinski definition) is 11. The van der Waals surface area contributed by atoms with Crippen LogP contribution in [0.3, 0.4) is 0 Å². The van der Waals surface area contributed by atoms with E-state index in [0.29, 0.717) is 17.9 Å². The van der Waals surface area contributed by atoms with Gasteiger partial charge in [0.05, 0.1) is 13.2 Å². The highest BCUT2D eigenvalue weighted by Crippen LogP contribution is 2.30. The highest BCUT2D eigenvalue weighted by atomic mass is 16.7. The van der Waals surface area contributed by atoms with E-state index < -0.39 is 36.5 Å². The van der Waals surface area contributed by atoms with Crippen LogP contribution in [-0.4, -0.2) is 55.7 Å². The van der Waals surface area contributed by atoms with E-state index in [1.165, 1.54) is 12.1 Å². The van der Waals surface area contributed by atoms with Gasteiger partial charge in [0.1, 0.15) is 18.2 Å². The Bertz CT molecular complexity index is 1050. The summed E-state index contributed by atoms with van der Waals surface area (Å²) in [4.78, 5) is 49.4. The van der Waals surface area contributed by atoms with Crippen molar-refractivity contribution in [3.8, 4) is 11.5 Å². The fourth-order valence-corrected chi connectivity index (χ4v) is 3.11. The van der Waals surface area contributed by atoms with E-state index in [4.69, 9.17) is 34.2 Å². The molecule has 0 unspecified atom stereocenters. The van der Waals surface area contributed by atoms with Crippen LogP contribution in [0.2, 0.25) is 0 Å². The zero-order valence-electron chi connectivity index (χ0n) is 26.7. The van der Waals surface area contributed by atoms with Gasteiger partial charge < -0.3 is 34.2 Å². The minimum atomic E-state index is -1.08. The summed E-state index contributed by atoms with van der Waals surface area (Å²) in [7, 11) is 0. The summed E-state index contributed by atoms with van der Waals surface area (Å²) in [6.45, 7) is 18.8. The van der Waals surface area contributed by atoms with E-state index in [1.54, 1.807) is 19.9 Å². The first-order valence-corrected chi connectivity index (χ1v) is 14.2. The first kappa shape index (κ1) is 36.7. The van der Waals surface area contributed by atoms with Gasteiger partial charge in [-0.2, -0.15) is 0 Å². The summed E-state index contributed by atoms with van der Waals surface area (Å²) in [6.07, 6.45) is -2.36. The maximum absolute atomic E-state index is 12.7. The Labute approximate surface area is 249 Å². The van der Waals surface area contributed by atoms with Crippen LogP contribution in [0.5, 0.6) is 11.5 Å². The van der Waals surface area contributed by atoms with Gasteiger partial charge in [0.25, 0.3) is 0 Å². The molecule has 1 aromatic rings. The number of ether oxygens (including phenoxy) is 6. The lowest BCUT2D eigenvalue weighted by Gasteiger charge is -2.23. The van der Waals surface area contributed by atoms with Crippen molar-refractivity contribution in [3.63, 3.8) is 0 Å². The minimum Gasteiger partial charge on any atom is -0.459 e. The second-order valence-electron chi connectivity index (χ2n) is 13.3. The number of nitrogens with two attached hydrogens (primary N) is 1. The van der Waals surface area contributed by atoms with Gasteiger partial charge in [0.2, 0.25) is 0 Å². The first-order valence-electron chi connectivity index (χ1n) is 14.2. The van der Waals surface area contributed by atoms with Crippen molar-refractivity contribution in [1.29, 1.82) is 0 Å². The predicted octanol–water partition coefficient (Wildman–Crippen LogP) is 5.98. The predicted molar refractivity (Wildman–Crippen MR) is 156 cm³/mol. The molecule has 0 aliphatic rings. The number of benzene rings is 1. The van der Waals surface area contributed by atoms with Crippen molar-refractivity contribution >= 4 is 24.2 Å². The minimum absolute atomic E-state index is 0.0102. The molecule has 0 bridgehead atoms. The highest BCUT2D eigenvalue weighted by Gasteiger charge is 2.26. The smallest absolute Gasteiger partial charge is 0.459 e. The average Bonchev–Trinajstić information content (AvgIpc) is 2.85. The molecule has 0 aliphatic carbocycles. The van der Waals surface area contributed by atoms with Gasteiger partial charge >= 0.3 is 24.2 Å². The second-order valence-corrected chi connectivity index (χ2v) is 13.3. The molecule has 238 valence electrons. The Morgan fingerprint density at radius 2 is 1.26 bits per heavy atom. The van der Waals surface area contributed by atoms with Crippen LogP contribution < -0.4 is 15.2 Å². The van der Waals surface area contributed by atoms with Gasteiger partial charge in [0, 0.05) is 6.42 Å². The van der Waals surface area contributed by atoms with Crippen LogP contribution in [-0.2, 0) is 35.0 Å². The van der Waals surface area contributed by atoms with Crippen LogP contribution in [0.4, 0.5) is 9.59 Å². The Kier molecular flexibility index (Phi) is 14.3. The van der Waals surface area contributed by atoms with E-state index in [-0.39, 0.29) is 54.4 Å². The van der Waals surface area contributed by atoms with Gasteiger partial charge in [-0.3, -0.25) is 9.59 Å². The fourth-order valence-electron chi connectivity index (χ4n) is 3.11. The summed E-state index contributed by atoms with van der Waals surface area (Å²) in [5.74, 6) is -0.894. The maximum atomic E-state index is 12.7. The molecule has 0 heterocycles. The molecule has 0 saturated carbocycles. The van der Waals surface area contributed by atoms with Gasteiger partial charge in [-0.25, -0.2) is 9.59 Å². The summed E-state index contributed by atoms with van der Waals surface area (Å²) in [5, 5.41) is 0. The van der Waals surface area contributed by atoms with Crippen molar-refractivity contribution in [2.75, 3.05) is 13.2 Å². The van der Waals surface area contributed by atoms with Gasteiger partial charge in [-0.1, -0.05) is 61.5 Å². The number of carbonyl (C=O) groups is 4. The lowest BCUT2D eigenvalue weighted by Crippen LogP contribution is -2.39. The number of hydrogen-bond donors (Lipinski definition) is 1. The molecule has 11 nitrogen and oxygen atoms in total. The molecule has 2 N–H and O–H groups in total. The third kappa shape index (κ3) is 15.6. The van der Waals surface area contributed by atoms with Crippen LogP contribution >= 0.6 is 0 Å². The van der Waals surface area contributed by atoms with E-state index >= 15 is 0 Å². The lowest BCUT2D eigenvalue weighted by atomic mass is 9.99. The van der Waals surface area contributed by atoms with E-state index in [9.17, 15) is 19.2 Å². The zero-order valence-corrected chi connectivity index (χ0v) is 26.7. The molecule has 11 heteroatoms. The first-order chi connectivity index (χ1) is 19.3. The Hall–Kier alpha value is -3.34. The molecule has 0 radical (unpaired) electrons. The van der Waals surface area contributed by atoms with Gasteiger partial charge in [0.15, 0.2) is 11.5 Å². The summed E-state index contributed by atoms with van der Waals surface area (Å²) >= 11 is 0. The Morgan fingerprint density at radius 3 is 1.76 bits per heavy atom. The maximum Gasteiger partial charge on any atom is 0.513 e. The Morgan fingerprint density at radius 1 is 0.762 bits per heavy atom. The van der Waals surface area contributed by atoms with Crippen molar-refractivity contribution in [3.05, 3.63) is 23.8 Å². The molecule has 3 atom stereocenters. The van der Waals surface area contributed by atoms with Crippen LogP contribution in [0.1, 0.15) is 87.6 Å². The number of esters is 2. The van der Waals surface area contributed by atoms with Crippen molar-refractivity contribution in [1.82, 2.24) is 0 Å². The topological polar surface area (TPSA) is 150 Å². The second kappa shape index (κ2) is 16.3. The van der Waals surface area contributed by atoms with Gasteiger partial charge in [-0.05, 0) is 61.1 Å². The molecular formula is C31H49NO10. The molecule has 0 saturated heterocycles. The number of carbonyl (C=O) groups excluding carboxylic acids is 4. The molecule has 0 spiro atoms. The zero-order chi connectivity index (χ0) is 32.3. The quantitative estimate of drug-likeness (QED) is 0.163. The van der Waals surface area contributed by atoms with Crippen molar-refractivity contribution < 1.29 is 47.6 Å². The molecule has 0 amide bonds. The number of rotatable bonds is 13. The third-order valence-corrected chi connectivity index (χ3v) is 5.61. The normalized spacial score (nSPS) is 13.9. The van der Waals surface area contributed by atoms with Crippen LogP contribution in [0, 0.1) is 16.7 Å². The van der Waals surface area contributed by atoms with Crippen LogP contribution in [0.15, 0.2) is 18.2 Å². The summed E-state index contributed by atoms with van der Waals surface area (Å²) in [6, 6.07) is 3.30. The largest absolute Gasteiger partial charge is 0.513 e. The molecule has 0 aliphatic heterocycles. The summed E-state index contributed by atoms with van der Waals surface area (Å²) < 4.78 is 31.7. The third-order valence-electron chi connectivity index (χ3n) is 5.61. The van der Waals surface area contributed by atoms with Crippen molar-refractivity contribution in [2.24, 2.45) is 22.5 Å². The summed E-state index contributed by atoms with van der Waals surface area (Å²) in [5.41, 5.74) is 6.02. The molecule has 1 aromatic carbocycles. The van der Waals surface area contributed by atoms with E-state index in [0.717, 1.165) is 0 Å².